The first kappa shape index (κ1) is 21.9. The Labute approximate surface area is 163 Å². The molecule has 0 N–H and O–H groups in total. The maximum Gasteiger partial charge on any atom is 0.191 e. The zero-order chi connectivity index (χ0) is 19.6. The quantitative estimate of drug-likeness (QED) is 0.355. The first-order chi connectivity index (χ1) is 11.9. The zero-order valence-electron chi connectivity index (χ0n) is 18.4. The second-order valence-corrected chi connectivity index (χ2v) is 20.6. The van der Waals surface area contributed by atoms with Gasteiger partial charge in [-0.05, 0) is 42.1 Å². The van der Waals surface area contributed by atoms with Gasteiger partial charge in [-0.3, -0.25) is 0 Å². The summed E-state index contributed by atoms with van der Waals surface area (Å²) in [5.41, 5.74) is 2.87. The van der Waals surface area contributed by atoms with Crippen molar-refractivity contribution in [2.24, 2.45) is 0 Å². The van der Waals surface area contributed by atoms with E-state index in [0.717, 1.165) is 26.1 Å². The summed E-state index contributed by atoms with van der Waals surface area (Å²) >= 11 is 0. The van der Waals surface area contributed by atoms with Gasteiger partial charge >= 0.3 is 0 Å². The van der Waals surface area contributed by atoms with Gasteiger partial charge in [0.25, 0.3) is 0 Å². The van der Waals surface area contributed by atoms with Crippen LogP contribution in [0.5, 0.6) is 0 Å². The molecule has 26 heavy (non-hydrogen) atoms. The first-order valence-corrected chi connectivity index (χ1v) is 16.7. The molecular weight excluding hydrogens is 352 g/mol. The Hall–Kier alpha value is -0.426. The van der Waals surface area contributed by atoms with Crippen molar-refractivity contribution in [1.29, 1.82) is 0 Å². The topological polar surface area (TPSA) is 18.5 Å². The highest BCUT2D eigenvalue weighted by molar-refractivity contribution is 6.78. The van der Waals surface area contributed by atoms with Crippen molar-refractivity contribution in [3.63, 3.8) is 0 Å². The van der Waals surface area contributed by atoms with Gasteiger partial charge in [-0.15, -0.1) is 0 Å². The highest BCUT2D eigenvalue weighted by atomic mass is 28.4. The van der Waals surface area contributed by atoms with Crippen LogP contribution in [-0.2, 0) is 21.0 Å². The van der Waals surface area contributed by atoms with E-state index >= 15 is 0 Å². The third-order valence-corrected chi connectivity index (χ3v) is 14.2. The average molecular weight is 393 g/mol. The summed E-state index contributed by atoms with van der Waals surface area (Å²) < 4.78 is 12.8. The van der Waals surface area contributed by atoms with E-state index in [1.807, 2.05) is 0 Å². The molecule has 1 aromatic rings. The van der Waals surface area contributed by atoms with E-state index in [0.29, 0.717) is 5.04 Å². The molecule has 148 valence electrons. The molecule has 1 aliphatic rings. The third-order valence-electron chi connectivity index (χ3n) is 6.58. The molecule has 1 aliphatic heterocycles. The van der Waals surface area contributed by atoms with Gasteiger partial charge in [-0.25, -0.2) is 0 Å². The van der Waals surface area contributed by atoms with E-state index < -0.39 is 16.4 Å². The molecule has 1 heterocycles. The molecular formula is C22H40O2Si2. The van der Waals surface area contributed by atoms with Gasteiger partial charge in [0.1, 0.15) is 0 Å². The van der Waals surface area contributed by atoms with Crippen LogP contribution in [-0.4, -0.2) is 23.0 Å². The maximum atomic E-state index is 6.52. The summed E-state index contributed by atoms with van der Waals surface area (Å²) in [5, 5.41) is 0.292. The van der Waals surface area contributed by atoms with E-state index in [2.05, 4.69) is 77.8 Å². The molecule has 0 fully saturated rings. The van der Waals surface area contributed by atoms with Crippen molar-refractivity contribution >= 4 is 16.4 Å². The molecule has 0 spiro atoms. The van der Waals surface area contributed by atoms with Crippen LogP contribution >= 0.6 is 0 Å². The Morgan fingerprint density at radius 1 is 1.00 bits per heavy atom. The van der Waals surface area contributed by atoms with Crippen LogP contribution in [0.4, 0.5) is 0 Å². The number of benzene rings is 1. The lowest BCUT2D eigenvalue weighted by Crippen LogP contribution is -2.49. The van der Waals surface area contributed by atoms with Crippen LogP contribution in [0.3, 0.4) is 0 Å². The fraction of sp³-hybridized carbons (Fsp3) is 0.727. The van der Waals surface area contributed by atoms with Crippen molar-refractivity contribution < 1.29 is 9.16 Å². The Kier molecular flexibility index (Phi) is 6.65. The molecule has 0 saturated carbocycles. The lowest BCUT2D eigenvalue weighted by Gasteiger charge is -2.41. The molecule has 0 bridgehead atoms. The SMILES string of the molecule is CC(C)(C)[Si](C)(C)OCCCCC[C@]1([Si](C)(C)C)OCc2ccccc21. The average Bonchev–Trinajstić information content (AvgIpc) is 2.89. The molecule has 4 heteroatoms. The molecule has 1 atom stereocenters. The summed E-state index contributed by atoms with van der Waals surface area (Å²) in [4.78, 5) is 0. The molecule has 2 rings (SSSR count). The number of hydrogen-bond acceptors (Lipinski definition) is 2. The summed E-state index contributed by atoms with van der Waals surface area (Å²) in [7, 11) is -3.10. The highest BCUT2D eigenvalue weighted by Crippen LogP contribution is 2.46. The smallest absolute Gasteiger partial charge is 0.191 e. The number of ether oxygens (including phenoxy) is 1. The Morgan fingerprint density at radius 3 is 2.27 bits per heavy atom. The van der Waals surface area contributed by atoms with Gasteiger partial charge in [0.2, 0.25) is 0 Å². The molecule has 0 aliphatic carbocycles. The predicted molar refractivity (Wildman–Crippen MR) is 118 cm³/mol. The molecule has 1 aromatic carbocycles. The van der Waals surface area contributed by atoms with Crippen molar-refractivity contribution in [1.82, 2.24) is 0 Å². The van der Waals surface area contributed by atoms with E-state index in [-0.39, 0.29) is 5.22 Å². The van der Waals surface area contributed by atoms with Crippen molar-refractivity contribution in [3.05, 3.63) is 35.4 Å². The van der Waals surface area contributed by atoms with Gasteiger partial charge < -0.3 is 9.16 Å². The normalized spacial score (nSPS) is 21.1. The minimum absolute atomic E-state index is 0.0100. The summed E-state index contributed by atoms with van der Waals surface area (Å²) in [6.45, 7) is 20.7. The minimum atomic E-state index is -1.60. The fourth-order valence-corrected chi connectivity index (χ4v) is 7.29. The van der Waals surface area contributed by atoms with Crippen LogP contribution in [0.2, 0.25) is 37.8 Å². The zero-order valence-corrected chi connectivity index (χ0v) is 20.4. The van der Waals surface area contributed by atoms with Gasteiger partial charge in [-0.1, -0.05) is 77.5 Å². The largest absolute Gasteiger partial charge is 0.417 e. The van der Waals surface area contributed by atoms with E-state index in [1.165, 1.54) is 24.0 Å². The molecule has 0 unspecified atom stereocenters. The number of rotatable bonds is 8. The second kappa shape index (κ2) is 7.90. The van der Waals surface area contributed by atoms with Crippen LogP contribution in [0.25, 0.3) is 0 Å². The lowest BCUT2D eigenvalue weighted by atomic mass is 10.00. The van der Waals surface area contributed by atoms with Crippen molar-refractivity contribution in [2.45, 2.75) is 96.1 Å². The van der Waals surface area contributed by atoms with Gasteiger partial charge in [0.05, 0.1) is 19.9 Å². The van der Waals surface area contributed by atoms with Gasteiger partial charge in [0, 0.05) is 6.61 Å². The highest BCUT2D eigenvalue weighted by Gasteiger charge is 2.49. The second-order valence-electron chi connectivity index (χ2n) is 10.4. The standard InChI is InChI=1S/C22H40O2Si2/c1-21(2,3)26(7,8)24-17-13-9-12-16-22(25(4,5)6)20-15-11-10-14-19(20)18-23-22/h10-11,14-15H,9,12-13,16-18H2,1-8H3/t22-/m1/s1. The predicted octanol–water partition coefficient (Wildman–Crippen LogP) is 6.87. The number of fused-ring (bicyclic) bond motifs is 1. The fourth-order valence-electron chi connectivity index (χ4n) is 3.72. The Bertz CT molecular complexity index is 599. The van der Waals surface area contributed by atoms with Crippen LogP contribution in [0, 0.1) is 0 Å². The van der Waals surface area contributed by atoms with E-state index in [4.69, 9.17) is 9.16 Å². The molecule has 0 aromatic heterocycles. The summed E-state index contributed by atoms with van der Waals surface area (Å²) in [6.07, 6.45) is 4.77. The number of hydrogen-bond donors (Lipinski definition) is 0. The van der Waals surface area contributed by atoms with Crippen molar-refractivity contribution in [2.75, 3.05) is 6.61 Å². The van der Waals surface area contributed by atoms with E-state index in [1.54, 1.807) is 0 Å². The summed E-state index contributed by atoms with van der Waals surface area (Å²) in [5.74, 6) is 0. The maximum absolute atomic E-state index is 6.52. The van der Waals surface area contributed by atoms with Gasteiger partial charge in [-0.2, -0.15) is 0 Å². The van der Waals surface area contributed by atoms with Crippen LogP contribution in [0.1, 0.15) is 57.6 Å². The Balaban J connectivity index is 1.90. The molecule has 2 nitrogen and oxygen atoms in total. The molecule has 0 amide bonds. The minimum Gasteiger partial charge on any atom is -0.417 e. The number of unbranched alkanes of at least 4 members (excludes halogenated alkanes) is 2. The molecule has 0 radical (unpaired) electrons. The third kappa shape index (κ3) is 4.52. The van der Waals surface area contributed by atoms with Crippen LogP contribution < -0.4 is 0 Å². The van der Waals surface area contributed by atoms with Gasteiger partial charge in [0.15, 0.2) is 8.32 Å². The Morgan fingerprint density at radius 2 is 1.65 bits per heavy atom. The monoisotopic (exact) mass is 392 g/mol. The summed E-state index contributed by atoms with van der Waals surface area (Å²) in [6, 6.07) is 8.86. The van der Waals surface area contributed by atoms with Crippen molar-refractivity contribution in [3.8, 4) is 0 Å². The van der Waals surface area contributed by atoms with Crippen LogP contribution in [0.15, 0.2) is 24.3 Å². The first-order valence-electron chi connectivity index (χ1n) is 10.3. The lowest BCUT2D eigenvalue weighted by molar-refractivity contribution is 0.0114. The van der Waals surface area contributed by atoms with E-state index in [9.17, 15) is 0 Å². The molecule has 0 saturated heterocycles.